The van der Waals surface area contributed by atoms with Crippen molar-refractivity contribution in [3.63, 3.8) is 0 Å². The van der Waals surface area contributed by atoms with E-state index in [1.165, 1.54) is 11.3 Å². The van der Waals surface area contributed by atoms with Crippen molar-refractivity contribution in [2.24, 2.45) is 0 Å². The maximum atomic E-state index is 13.1. The average molecular weight is 425 g/mol. The van der Waals surface area contributed by atoms with Crippen LogP contribution in [0, 0.1) is 0 Å². The summed E-state index contributed by atoms with van der Waals surface area (Å²) >= 11 is 1.53. The number of benzene rings is 2. The second-order valence-electron chi connectivity index (χ2n) is 7.16. The zero-order valence-corrected chi connectivity index (χ0v) is 18.7. The molecule has 0 radical (unpaired) electrons. The fraction of sp³-hybridized carbons (Fsp3) is 0.333. The highest BCUT2D eigenvalue weighted by atomic mass is 32.1. The Balaban J connectivity index is 1.75. The third-order valence-corrected chi connectivity index (χ3v) is 6.09. The highest BCUT2D eigenvalue weighted by Crippen LogP contribution is 2.33. The summed E-state index contributed by atoms with van der Waals surface area (Å²) in [4.78, 5) is 19.8. The second-order valence-corrected chi connectivity index (χ2v) is 8.01. The molecule has 0 bridgehead atoms. The molecule has 0 saturated heterocycles. The lowest BCUT2D eigenvalue weighted by atomic mass is 10.1. The molecule has 6 heteroatoms. The van der Waals surface area contributed by atoms with Gasteiger partial charge in [-0.05, 0) is 37.1 Å². The van der Waals surface area contributed by atoms with Crippen LogP contribution in [0.1, 0.15) is 31.5 Å². The molecule has 0 aliphatic rings. The summed E-state index contributed by atoms with van der Waals surface area (Å²) in [6.45, 7) is 4.81. The van der Waals surface area contributed by atoms with Crippen LogP contribution < -0.4 is 9.47 Å². The molecule has 1 aromatic heterocycles. The van der Waals surface area contributed by atoms with E-state index in [0.717, 1.165) is 28.2 Å². The first kappa shape index (κ1) is 21.8. The van der Waals surface area contributed by atoms with Crippen LogP contribution in [0.25, 0.3) is 10.6 Å². The molecular weight excluding hydrogens is 396 g/mol. The molecule has 1 unspecified atom stereocenters. The van der Waals surface area contributed by atoms with Gasteiger partial charge in [-0.3, -0.25) is 4.79 Å². The summed E-state index contributed by atoms with van der Waals surface area (Å²) in [6, 6.07) is 16.0. The number of rotatable bonds is 9. The first-order valence-electron chi connectivity index (χ1n) is 10.1. The zero-order valence-electron chi connectivity index (χ0n) is 17.9. The van der Waals surface area contributed by atoms with Crippen molar-refractivity contribution in [3.05, 3.63) is 65.2 Å². The van der Waals surface area contributed by atoms with Crippen molar-refractivity contribution < 1.29 is 14.3 Å². The molecule has 0 aliphatic heterocycles. The van der Waals surface area contributed by atoms with Crippen molar-refractivity contribution in [3.8, 4) is 22.1 Å². The van der Waals surface area contributed by atoms with Crippen LogP contribution in [0.5, 0.6) is 11.5 Å². The number of hydrogen-bond donors (Lipinski definition) is 0. The van der Waals surface area contributed by atoms with Gasteiger partial charge in [0.15, 0.2) is 11.5 Å². The molecule has 5 nitrogen and oxygen atoms in total. The first-order valence-corrected chi connectivity index (χ1v) is 10.9. The number of nitrogens with zero attached hydrogens (tertiary/aromatic N) is 2. The summed E-state index contributed by atoms with van der Waals surface area (Å²) in [7, 11) is 3.23. The van der Waals surface area contributed by atoms with Gasteiger partial charge in [-0.15, -0.1) is 11.3 Å². The van der Waals surface area contributed by atoms with Crippen molar-refractivity contribution in [2.75, 3.05) is 14.2 Å². The van der Waals surface area contributed by atoms with Gasteiger partial charge in [0, 0.05) is 23.5 Å². The topological polar surface area (TPSA) is 51.7 Å². The van der Waals surface area contributed by atoms with Crippen LogP contribution >= 0.6 is 11.3 Å². The number of hydrogen-bond acceptors (Lipinski definition) is 5. The quantitative estimate of drug-likeness (QED) is 0.474. The summed E-state index contributed by atoms with van der Waals surface area (Å²) in [5.41, 5.74) is 2.87. The van der Waals surface area contributed by atoms with E-state index in [2.05, 4.69) is 26.0 Å². The Bertz CT molecular complexity index is 972. The molecule has 2 aromatic carbocycles. The van der Waals surface area contributed by atoms with Gasteiger partial charge < -0.3 is 14.4 Å². The van der Waals surface area contributed by atoms with Gasteiger partial charge in [0.25, 0.3) is 0 Å². The highest BCUT2D eigenvalue weighted by molar-refractivity contribution is 7.13. The zero-order chi connectivity index (χ0) is 21.5. The van der Waals surface area contributed by atoms with Gasteiger partial charge in [-0.25, -0.2) is 4.98 Å². The number of thiazole rings is 1. The minimum absolute atomic E-state index is 0.0948. The molecule has 3 aromatic rings. The van der Waals surface area contributed by atoms with Gasteiger partial charge in [-0.1, -0.05) is 37.3 Å². The molecule has 1 amide bonds. The lowest BCUT2D eigenvalue weighted by molar-refractivity contribution is -0.133. The molecule has 0 saturated carbocycles. The van der Waals surface area contributed by atoms with Crippen molar-refractivity contribution in [2.45, 2.75) is 39.3 Å². The predicted octanol–water partition coefficient (Wildman–Crippen LogP) is 5.20. The standard InChI is InChI=1S/C24H28N2O3S/c1-5-17(2)26(15-18-9-7-6-8-10-18)23(27)14-20-16-30-24(25-20)19-11-12-21(28-3)22(13-19)29-4/h6-13,16-17H,5,14-15H2,1-4H3. The van der Waals surface area contributed by atoms with Crippen LogP contribution in [-0.2, 0) is 17.8 Å². The van der Waals surface area contributed by atoms with Crippen LogP contribution in [0.2, 0.25) is 0 Å². The van der Waals surface area contributed by atoms with E-state index in [1.54, 1.807) is 14.2 Å². The number of ether oxygens (including phenoxy) is 2. The monoisotopic (exact) mass is 424 g/mol. The Morgan fingerprint density at radius 1 is 1.10 bits per heavy atom. The summed E-state index contributed by atoms with van der Waals surface area (Å²) in [6.07, 6.45) is 1.20. The summed E-state index contributed by atoms with van der Waals surface area (Å²) < 4.78 is 10.7. The Kier molecular flexibility index (Phi) is 7.46. The normalized spacial score (nSPS) is 11.7. The van der Waals surface area contributed by atoms with E-state index in [4.69, 9.17) is 14.5 Å². The minimum atomic E-state index is 0.0948. The Morgan fingerprint density at radius 2 is 1.83 bits per heavy atom. The van der Waals surface area contributed by atoms with Crippen molar-refractivity contribution in [1.29, 1.82) is 0 Å². The molecule has 0 spiro atoms. The van der Waals surface area contributed by atoms with E-state index >= 15 is 0 Å². The van der Waals surface area contributed by atoms with Gasteiger partial charge in [0.05, 0.1) is 26.3 Å². The molecule has 0 fully saturated rings. The van der Waals surface area contributed by atoms with Crippen LogP contribution in [-0.4, -0.2) is 36.1 Å². The number of carbonyl (C=O) groups is 1. The molecular formula is C24H28N2O3S. The minimum Gasteiger partial charge on any atom is -0.493 e. The summed E-state index contributed by atoms with van der Waals surface area (Å²) in [5.74, 6) is 1.43. The Morgan fingerprint density at radius 3 is 2.50 bits per heavy atom. The largest absolute Gasteiger partial charge is 0.493 e. The average Bonchev–Trinajstić information content (AvgIpc) is 3.25. The van der Waals surface area contributed by atoms with E-state index in [9.17, 15) is 4.79 Å². The number of aromatic nitrogens is 1. The van der Waals surface area contributed by atoms with Gasteiger partial charge >= 0.3 is 0 Å². The third kappa shape index (κ3) is 5.19. The van der Waals surface area contributed by atoms with E-state index in [1.807, 2.05) is 46.7 Å². The maximum absolute atomic E-state index is 13.1. The highest BCUT2D eigenvalue weighted by Gasteiger charge is 2.21. The lowest BCUT2D eigenvalue weighted by Gasteiger charge is -2.28. The number of methoxy groups -OCH3 is 2. The molecule has 0 aliphatic carbocycles. The lowest BCUT2D eigenvalue weighted by Crippen LogP contribution is -2.38. The van der Waals surface area contributed by atoms with E-state index in [-0.39, 0.29) is 11.9 Å². The van der Waals surface area contributed by atoms with E-state index in [0.29, 0.717) is 24.5 Å². The Labute approximate surface area is 182 Å². The van der Waals surface area contributed by atoms with Gasteiger partial charge in [0.1, 0.15) is 5.01 Å². The molecule has 1 heterocycles. The molecule has 0 N–H and O–H groups in total. The van der Waals surface area contributed by atoms with Gasteiger partial charge in [-0.2, -0.15) is 0 Å². The predicted molar refractivity (Wildman–Crippen MR) is 121 cm³/mol. The second kappa shape index (κ2) is 10.3. The summed E-state index contributed by atoms with van der Waals surface area (Å²) in [5, 5.41) is 2.82. The first-order chi connectivity index (χ1) is 14.5. The fourth-order valence-electron chi connectivity index (χ4n) is 3.24. The molecule has 158 valence electrons. The molecule has 3 rings (SSSR count). The smallest absolute Gasteiger partial charge is 0.229 e. The van der Waals surface area contributed by atoms with Crippen LogP contribution in [0.15, 0.2) is 53.9 Å². The SMILES string of the molecule is CCC(C)N(Cc1ccccc1)C(=O)Cc1csc(-c2ccc(OC)c(OC)c2)n1. The molecule has 1 atom stereocenters. The van der Waals surface area contributed by atoms with Crippen molar-refractivity contribution in [1.82, 2.24) is 9.88 Å². The number of amides is 1. The Hall–Kier alpha value is -2.86. The van der Waals surface area contributed by atoms with Crippen LogP contribution in [0.3, 0.4) is 0 Å². The van der Waals surface area contributed by atoms with E-state index < -0.39 is 0 Å². The van der Waals surface area contributed by atoms with Crippen molar-refractivity contribution >= 4 is 17.2 Å². The number of carbonyl (C=O) groups excluding carboxylic acids is 1. The fourth-order valence-corrected chi connectivity index (χ4v) is 4.05. The third-order valence-electron chi connectivity index (χ3n) is 5.15. The molecule has 30 heavy (non-hydrogen) atoms. The van der Waals surface area contributed by atoms with Crippen LogP contribution in [0.4, 0.5) is 0 Å². The van der Waals surface area contributed by atoms with Gasteiger partial charge in [0.2, 0.25) is 5.91 Å². The maximum Gasteiger partial charge on any atom is 0.229 e.